The summed E-state index contributed by atoms with van der Waals surface area (Å²) in [6.45, 7) is -0.0419. The number of amides is 1. The molecule has 0 unspecified atom stereocenters. The van der Waals surface area contributed by atoms with E-state index in [0.29, 0.717) is 18.2 Å². The van der Waals surface area contributed by atoms with Crippen LogP contribution in [0.2, 0.25) is 0 Å². The van der Waals surface area contributed by atoms with Crippen LogP contribution in [0, 0.1) is 5.82 Å². The van der Waals surface area contributed by atoms with E-state index in [2.05, 4.69) is 5.32 Å². The molecule has 0 spiro atoms. The number of carbonyl (C=O) groups is 1. The van der Waals surface area contributed by atoms with Gasteiger partial charge in [0, 0.05) is 19.2 Å². The lowest BCUT2D eigenvalue weighted by molar-refractivity contribution is -0.138. The molecule has 0 saturated heterocycles. The second-order valence-electron chi connectivity index (χ2n) is 5.12. The minimum atomic E-state index is -4.69. The molecular weight excluding hydrogens is 326 g/mol. The van der Waals surface area contributed by atoms with Crippen molar-refractivity contribution < 1.29 is 27.1 Å². The van der Waals surface area contributed by atoms with Gasteiger partial charge in [-0.25, -0.2) is 4.39 Å². The summed E-state index contributed by atoms with van der Waals surface area (Å²) >= 11 is 0. The van der Waals surface area contributed by atoms with Crippen LogP contribution in [-0.4, -0.2) is 13.0 Å². The first kappa shape index (κ1) is 17.9. The van der Waals surface area contributed by atoms with Gasteiger partial charge in [0.15, 0.2) is 0 Å². The zero-order chi connectivity index (χ0) is 17.7. The molecule has 0 aliphatic heterocycles. The van der Waals surface area contributed by atoms with E-state index in [-0.39, 0.29) is 12.1 Å². The third-order valence-corrected chi connectivity index (χ3v) is 3.32. The standard InChI is InChI=1S/C17H15F4NO2/c1-24-10-11-3-2-4-12(7-11)16(23)22-9-13-5-6-14(18)8-15(13)17(19,20)21/h2-8H,9-10H2,1H3,(H,22,23). The summed E-state index contributed by atoms with van der Waals surface area (Å²) < 4.78 is 56.8. The van der Waals surface area contributed by atoms with Crippen LogP contribution in [0.1, 0.15) is 27.0 Å². The molecule has 0 aromatic heterocycles. The molecule has 0 heterocycles. The summed E-state index contributed by atoms with van der Waals surface area (Å²) in [5.41, 5.74) is -0.232. The van der Waals surface area contributed by atoms with E-state index in [1.54, 1.807) is 24.3 Å². The predicted octanol–water partition coefficient (Wildman–Crippen LogP) is 3.92. The topological polar surface area (TPSA) is 38.3 Å². The number of alkyl halides is 3. The molecule has 0 fully saturated rings. The maximum absolute atomic E-state index is 13.1. The van der Waals surface area contributed by atoms with Gasteiger partial charge in [0.25, 0.3) is 5.91 Å². The molecule has 0 aliphatic rings. The first-order chi connectivity index (χ1) is 11.3. The van der Waals surface area contributed by atoms with Crippen LogP contribution in [0.15, 0.2) is 42.5 Å². The quantitative estimate of drug-likeness (QED) is 0.837. The third-order valence-electron chi connectivity index (χ3n) is 3.32. The Labute approximate surface area is 136 Å². The van der Waals surface area contributed by atoms with Crippen molar-refractivity contribution in [3.63, 3.8) is 0 Å². The molecule has 0 saturated carbocycles. The van der Waals surface area contributed by atoms with Crippen LogP contribution < -0.4 is 5.32 Å². The van der Waals surface area contributed by atoms with Crippen molar-refractivity contribution >= 4 is 5.91 Å². The van der Waals surface area contributed by atoms with E-state index in [4.69, 9.17) is 4.74 Å². The third kappa shape index (κ3) is 4.55. The van der Waals surface area contributed by atoms with Crippen LogP contribution >= 0.6 is 0 Å². The van der Waals surface area contributed by atoms with Gasteiger partial charge in [-0.05, 0) is 35.4 Å². The summed E-state index contributed by atoms with van der Waals surface area (Å²) in [5.74, 6) is -1.50. The number of benzene rings is 2. The summed E-state index contributed by atoms with van der Waals surface area (Å²) in [5, 5.41) is 2.41. The Hall–Kier alpha value is -2.41. The van der Waals surface area contributed by atoms with Crippen LogP contribution in [0.5, 0.6) is 0 Å². The molecule has 2 aromatic carbocycles. The highest BCUT2D eigenvalue weighted by molar-refractivity contribution is 5.94. The number of ether oxygens (including phenoxy) is 1. The maximum Gasteiger partial charge on any atom is 0.416 e. The van der Waals surface area contributed by atoms with Gasteiger partial charge in [-0.1, -0.05) is 18.2 Å². The highest BCUT2D eigenvalue weighted by Crippen LogP contribution is 2.32. The van der Waals surface area contributed by atoms with Crippen molar-refractivity contribution in [1.82, 2.24) is 5.32 Å². The van der Waals surface area contributed by atoms with E-state index >= 15 is 0 Å². The minimum absolute atomic E-state index is 0.203. The van der Waals surface area contributed by atoms with E-state index < -0.39 is 23.5 Å². The highest BCUT2D eigenvalue weighted by Gasteiger charge is 2.33. The van der Waals surface area contributed by atoms with Crippen LogP contribution in [-0.2, 0) is 24.1 Å². The zero-order valence-electron chi connectivity index (χ0n) is 12.8. The van der Waals surface area contributed by atoms with E-state index in [0.717, 1.165) is 17.7 Å². The molecule has 1 N–H and O–H groups in total. The highest BCUT2D eigenvalue weighted by atomic mass is 19.4. The monoisotopic (exact) mass is 341 g/mol. The Balaban J connectivity index is 2.14. The number of halogens is 4. The van der Waals surface area contributed by atoms with Gasteiger partial charge in [-0.15, -0.1) is 0 Å². The van der Waals surface area contributed by atoms with Crippen molar-refractivity contribution in [2.75, 3.05) is 7.11 Å². The average molecular weight is 341 g/mol. The van der Waals surface area contributed by atoms with Crippen LogP contribution in [0.3, 0.4) is 0 Å². The fourth-order valence-electron chi connectivity index (χ4n) is 2.21. The molecule has 2 aromatic rings. The molecule has 1 amide bonds. The lowest BCUT2D eigenvalue weighted by atomic mass is 10.1. The predicted molar refractivity (Wildman–Crippen MR) is 79.7 cm³/mol. The molecule has 7 heteroatoms. The van der Waals surface area contributed by atoms with Gasteiger partial charge in [0.05, 0.1) is 12.2 Å². The summed E-state index contributed by atoms with van der Waals surface area (Å²) in [7, 11) is 1.51. The van der Waals surface area contributed by atoms with Gasteiger partial charge in [0.1, 0.15) is 5.82 Å². The van der Waals surface area contributed by atoms with Gasteiger partial charge in [-0.3, -0.25) is 4.79 Å². The second kappa shape index (κ2) is 7.44. The molecule has 128 valence electrons. The van der Waals surface area contributed by atoms with Crippen LogP contribution in [0.25, 0.3) is 0 Å². The van der Waals surface area contributed by atoms with E-state index in [1.165, 1.54) is 7.11 Å². The smallest absolute Gasteiger partial charge is 0.380 e. The summed E-state index contributed by atoms with van der Waals surface area (Å²) in [6, 6.07) is 8.92. The first-order valence-electron chi connectivity index (χ1n) is 7.03. The maximum atomic E-state index is 13.1. The molecule has 0 bridgehead atoms. The lowest BCUT2D eigenvalue weighted by Gasteiger charge is -2.14. The van der Waals surface area contributed by atoms with Gasteiger partial charge in [-0.2, -0.15) is 13.2 Å². The van der Waals surface area contributed by atoms with Gasteiger partial charge < -0.3 is 10.1 Å². The average Bonchev–Trinajstić information content (AvgIpc) is 2.53. The van der Waals surface area contributed by atoms with Crippen LogP contribution in [0.4, 0.5) is 17.6 Å². The minimum Gasteiger partial charge on any atom is -0.380 e. The normalized spacial score (nSPS) is 11.4. The van der Waals surface area contributed by atoms with E-state index in [9.17, 15) is 22.4 Å². The molecular formula is C17H15F4NO2. The first-order valence-corrected chi connectivity index (χ1v) is 7.03. The molecule has 0 atom stereocenters. The Bertz CT molecular complexity index is 729. The largest absolute Gasteiger partial charge is 0.416 e. The molecule has 2 rings (SSSR count). The molecule has 3 nitrogen and oxygen atoms in total. The summed E-state index contributed by atoms with van der Waals surface area (Å²) in [4.78, 5) is 12.1. The number of carbonyl (C=O) groups excluding carboxylic acids is 1. The zero-order valence-corrected chi connectivity index (χ0v) is 12.8. The number of nitrogens with one attached hydrogen (secondary N) is 1. The Morgan fingerprint density at radius 2 is 1.92 bits per heavy atom. The lowest BCUT2D eigenvalue weighted by Crippen LogP contribution is -2.24. The molecule has 0 aliphatic carbocycles. The SMILES string of the molecule is COCc1cccc(C(=O)NCc2ccc(F)cc2C(F)(F)F)c1. The molecule has 0 radical (unpaired) electrons. The number of rotatable bonds is 5. The van der Waals surface area contributed by atoms with Crippen molar-refractivity contribution in [1.29, 1.82) is 0 Å². The summed E-state index contributed by atoms with van der Waals surface area (Å²) in [6.07, 6.45) is -4.69. The van der Waals surface area contributed by atoms with Crippen molar-refractivity contribution in [3.8, 4) is 0 Å². The Morgan fingerprint density at radius 3 is 2.58 bits per heavy atom. The fraction of sp³-hybridized carbons (Fsp3) is 0.235. The van der Waals surface area contributed by atoms with Crippen molar-refractivity contribution in [3.05, 3.63) is 70.5 Å². The number of hydrogen-bond donors (Lipinski definition) is 1. The van der Waals surface area contributed by atoms with E-state index in [1.807, 2.05) is 0 Å². The van der Waals surface area contributed by atoms with Gasteiger partial charge in [0.2, 0.25) is 0 Å². The molecule has 24 heavy (non-hydrogen) atoms. The van der Waals surface area contributed by atoms with Crippen molar-refractivity contribution in [2.24, 2.45) is 0 Å². The Morgan fingerprint density at radius 1 is 1.17 bits per heavy atom. The Kier molecular flexibility index (Phi) is 5.56. The van der Waals surface area contributed by atoms with Gasteiger partial charge >= 0.3 is 6.18 Å². The number of methoxy groups -OCH3 is 1. The van der Waals surface area contributed by atoms with Crippen molar-refractivity contribution in [2.45, 2.75) is 19.3 Å². The second-order valence-corrected chi connectivity index (χ2v) is 5.12. The fourth-order valence-corrected chi connectivity index (χ4v) is 2.21. The number of hydrogen-bond acceptors (Lipinski definition) is 2.